The van der Waals surface area contributed by atoms with Crippen molar-refractivity contribution in [2.24, 2.45) is 0 Å². The smallest absolute Gasteiger partial charge is 0.339 e. The van der Waals surface area contributed by atoms with Gasteiger partial charge in [-0.1, -0.05) is 11.6 Å². The summed E-state index contributed by atoms with van der Waals surface area (Å²) in [6.45, 7) is 6.38. The van der Waals surface area contributed by atoms with Crippen LogP contribution in [0.15, 0.2) is 30.5 Å². The van der Waals surface area contributed by atoms with Crippen LogP contribution in [0.4, 0.5) is 5.82 Å². The number of piperazine rings is 1. The number of aromatic amines is 1. The Bertz CT molecular complexity index is 1220. The fourth-order valence-corrected chi connectivity index (χ4v) is 6.45. The van der Waals surface area contributed by atoms with Gasteiger partial charge in [-0.2, -0.15) is 0 Å². The van der Waals surface area contributed by atoms with E-state index in [9.17, 15) is 4.79 Å². The summed E-state index contributed by atoms with van der Waals surface area (Å²) in [6.07, 6.45) is 4.69. The predicted octanol–water partition coefficient (Wildman–Crippen LogP) is 2.95. The van der Waals surface area contributed by atoms with Gasteiger partial charge in [0.2, 0.25) is 0 Å². The number of likely N-dealkylation sites (tertiary alicyclic amines) is 1. The minimum Gasteiger partial charge on any atom is -0.339 e. The SMILES string of the molecule is CCC1CN(c2ncc(-c3n[nH][c]([Hg])n3)nc2Cl)CCN1C1CCN(C(=O)c2ccc(Cl)cc2)CC1. The summed E-state index contributed by atoms with van der Waals surface area (Å²) in [6, 6.07) is 8.01. The Morgan fingerprint density at radius 2 is 1.86 bits per heavy atom. The third kappa shape index (κ3) is 5.54. The van der Waals surface area contributed by atoms with Crippen molar-refractivity contribution in [2.75, 3.05) is 37.6 Å². The number of benzene rings is 1. The first-order valence-electron chi connectivity index (χ1n) is 12.3. The third-order valence-corrected chi connectivity index (χ3v) is 8.82. The third-order valence-electron chi connectivity index (χ3n) is 7.08. The molecule has 185 valence electrons. The molecule has 2 saturated heterocycles. The van der Waals surface area contributed by atoms with Crippen LogP contribution in [0.1, 0.15) is 36.5 Å². The average Bonchev–Trinajstić information content (AvgIpc) is 3.34. The summed E-state index contributed by atoms with van der Waals surface area (Å²) in [5.41, 5.74) is 1.28. The van der Waals surface area contributed by atoms with Crippen LogP contribution in [0.5, 0.6) is 0 Å². The molecule has 5 rings (SSSR count). The zero-order valence-corrected chi connectivity index (χ0v) is 27.2. The fraction of sp³-hybridized carbons (Fsp3) is 0.458. The molecule has 2 aromatic heterocycles. The van der Waals surface area contributed by atoms with E-state index in [1.165, 1.54) is 0 Å². The Morgan fingerprint density at radius 3 is 2.50 bits per heavy atom. The topological polar surface area (TPSA) is 94.1 Å². The summed E-state index contributed by atoms with van der Waals surface area (Å²) in [5.74, 6) is 1.34. The molecule has 0 spiro atoms. The van der Waals surface area contributed by atoms with Gasteiger partial charge in [0.1, 0.15) is 0 Å². The molecule has 36 heavy (non-hydrogen) atoms. The van der Waals surface area contributed by atoms with E-state index >= 15 is 0 Å². The first kappa shape index (κ1) is 25.8. The Kier molecular flexibility index (Phi) is 8.10. The number of amides is 1. The van der Waals surface area contributed by atoms with Crippen LogP contribution < -0.4 is 8.23 Å². The summed E-state index contributed by atoms with van der Waals surface area (Å²) < 4.78 is 0.911. The molecule has 1 N–H and O–H groups in total. The number of piperidine rings is 1. The Hall–Kier alpha value is -1.81. The van der Waals surface area contributed by atoms with Crippen molar-refractivity contribution in [3.63, 3.8) is 0 Å². The number of rotatable bonds is 5. The number of H-pyrrole nitrogens is 1. The second-order valence-electron chi connectivity index (χ2n) is 9.25. The van der Waals surface area contributed by atoms with E-state index in [0.29, 0.717) is 71.3 Å². The van der Waals surface area contributed by atoms with Gasteiger partial charge in [0, 0.05) is 23.7 Å². The van der Waals surface area contributed by atoms with Crippen LogP contribution in [-0.2, 0) is 26.1 Å². The van der Waals surface area contributed by atoms with Crippen LogP contribution in [0.25, 0.3) is 11.5 Å². The number of nitrogens with zero attached hydrogens (tertiary/aromatic N) is 7. The first-order chi connectivity index (χ1) is 17.4. The van der Waals surface area contributed by atoms with Crippen LogP contribution in [0.2, 0.25) is 10.2 Å². The van der Waals surface area contributed by atoms with Gasteiger partial charge in [-0.05, 0) is 37.1 Å². The zero-order chi connectivity index (χ0) is 25.2. The van der Waals surface area contributed by atoms with Crippen molar-refractivity contribution >= 4 is 38.3 Å². The molecule has 0 saturated carbocycles. The minimum atomic E-state index is 0.0850. The van der Waals surface area contributed by atoms with Crippen LogP contribution in [-0.4, -0.2) is 85.7 Å². The van der Waals surface area contributed by atoms with Crippen molar-refractivity contribution < 1.29 is 30.9 Å². The zero-order valence-electron chi connectivity index (χ0n) is 20.2. The fourth-order valence-electron chi connectivity index (χ4n) is 5.17. The number of hydrogen-bond acceptors (Lipinski definition) is 7. The molecule has 3 aromatic rings. The summed E-state index contributed by atoms with van der Waals surface area (Å²) in [4.78, 5) is 33.3. The Labute approximate surface area is 236 Å². The normalized spacial score (nSPS) is 19.6. The van der Waals surface area contributed by atoms with Gasteiger partial charge in [-0.25, -0.2) is 0 Å². The van der Waals surface area contributed by atoms with E-state index in [0.717, 1.165) is 55.3 Å². The van der Waals surface area contributed by atoms with Crippen LogP contribution in [0, 0.1) is 0 Å². The minimum absolute atomic E-state index is 0.0850. The molecule has 9 nitrogen and oxygen atoms in total. The Balaban J connectivity index is 1.20. The molecule has 1 atom stereocenters. The first-order valence-corrected chi connectivity index (χ1v) is 15.8. The van der Waals surface area contributed by atoms with Gasteiger partial charge in [0.15, 0.2) is 0 Å². The van der Waals surface area contributed by atoms with Crippen molar-refractivity contribution in [1.82, 2.24) is 34.9 Å². The predicted molar refractivity (Wildman–Crippen MR) is 135 cm³/mol. The van der Waals surface area contributed by atoms with E-state index in [1.807, 2.05) is 4.90 Å². The van der Waals surface area contributed by atoms with Crippen LogP contribution >= 0.6 is 23.2 Å². The molecule has 2 fully saturated rings. The number of hydrogen-bond donors (Lipinski definition) is 1. The summed E-state index contributed by atoms with van der Waals surface area (Å²) >= 11 is 12.9. The molecule has 1 aromatic carbocycles. The van der Waals surface area contributed by atoms with Gasteiger partial charge >= 0.3 is 150 Å². The number of nitrogens with one attached hydrogen (secondary N) is 1. The van der Waals surface area contributed by atoms with Crippen LogP contribution in [0.3, 0.4) is 0 Å². The maximum atomic E-state index is 12.9. The summed E-state index contributed by atoms with van der Waals surface area (Å²) in [5, 5.41) is 8.13. The molecule has 0 aliphatic carbocycles. The molecule has 0 bridgehead atoms. The standard InChI is InChI=1S/C24H27Cl2N8O.Hg/c1-2-18-14-33(23-21(26)30-20(13-27-23)22-28-15-29-31-22)11-12-34(18)19-7-9-32(10-8-19)24(35)16-3-5-17(25)6-4-16;/h3-6,13,18-19H,2,7-12,14H2,1H3,(H,28,29,31);. The van der Waals surface area contributed by atoms with Gasteiger partial charge in [0.05, 0.1) is 0 Å². The van der Waals surface area contributed by atoms with E-state index in [4.69, 9.17) is 23.2 Å². The number of aromatic nitrogens is 5. The molecule has 1 amide bonds. The van der Waals surface area contributed by atoms with E-state index in [2.05, 4.69) is 41.9 Å². The molecular weight excluding hydrogens is 688 g/mol. The number of carbonyl (C=O) groups is 1. The molecule has 2 aliphatic heterocycles. The molecule has 0 radical (unpaired) electrons. The monoisotopic (exact) mass is 715 g/mol. The van der Waals surface area contributed by atoms with Crippen molar-refractivity contribution in [3.8, 4) is 11.5 Å². The van der Waals surface area contributed by atoms with Gasteiger partial charge < -0.3 is 4.90 Å². The van der Waals surface area contributed by atoms with Crippen molar-refractivity contribution in [3.05, 3.63) is 46.2 Å². The van der Waals surface area contributed by atoms with E-state index in [1.54, 1.807) is 30.5 Å². The molecule has 4 heterocycles. The Morgan fingerprint density at radius 1 is 1.11 bits per heavy atom. The number of anilines is 1. The molecule has 2 aliphatic rings. The van der Waals surface area contributed by atoms with Gasteiger partial charge in [0.25, 0.3) is 5.91 Å². The quantitative estimate of drug-likeness (QED) is 0.407. The van der Waals surface area contributed by atoms with Gasteiger partial charge in [-0.15, -0.1) is 0 Å². The average molecular weight is 715 g/mol. The van der Waals surface area contributed by atoms with Crippen molar-refractivity contribution in [2.45, 2.75) is 38.3 Å². The van der Waals surface area contributed by atoms with E-state index < -0.39 is 0 Å². The molecule has 1 unspecified atom stereocenters. The van der Waals surface area contributed by atoms with E-state index in [-0.39, 0.29) is 5.91 Å². The second kappa shape index (κ2) is 11.3. The molecule has 12 heteroatoms. The van der Waals surface area contributed by atoms with Crippen molar-refractivity contribution in [1.29, 1.82) is 0 Å². The number of carbonyl (C=O) groups excluding carboxylic acids is 1. The van der Waals surface area contributed by atoms with Gasteiger partial charge in [-0.3, -0.25) is 4.79 Å². The summed E-state index contributed by atoms with van der Waals surface area (Å²) in [7, 11) is 0. The number of halogens is 2. The second-order valence-corrected chi connectivity index (χ2v) is 12.6. The molecular formula is C24H27Cl2HgN8O. The maximum absolute atomic E-state index is 12.9.